The zero-order valence-corrected chi connectivity index (χ0v) is 3.29. The molecule has 0 aromatic carbocycles. The van der Waals surface area contributed by atoms with Crippen LogP contribution >= 0.6 is 0 Å². The van der Waals surface area contributed by atoms with E-state index in [1.165, 1.54) is 0 Å². The summed E-state index contributed by atoms with van der Waals surface area (Å²) < 4.78 is 28.4. The lowest BCUT2D eigenvalue weighted by Crippen LogP contribution is -1.79. The molecule has 0 atom stereocenters. The van der Waals surface area contributed by atoms with Crippen LogP contribution in [0.2, 0.25) is 0 Å². The van der Waals surface area contributed by atoms with E-state index >= 15 is 0 Å². The first-order valence-corrected chi connectivity index (χ1v) is 1.53. The van der Waals surface area contributed by atoms with Crippen LogP contribution in [0.5, 0.6) is 6.08 Å². The maximum absolute atomic E-state index is 6.59. The highest BCUT2D eigenvalue weighted by Crippen LogP contribution is 1.97. The third-order valence-corrected chi connectivity index (χ3v) is 0.427. The molecule has 0 amide bonds. The molecule has 1 rings (SSSR count). The Kier molecular flexibility index (Phi) is 0.413. The van der Waals surface area contributed by atoms with Crippen molar-refractivity contribution in [2.45, 2.75) is 0 Å². The van der Waals surface area contributed by atoms with Crippen molar-refractivity contribution in [1.82, 2.24) is 10.2 Å². The van der Waals surface area contributed by atoms with E-state index < -0.39 is 7.04 Å². The Hall–Kier alpha value is -1.06. The Morgan fingerprint density at radius 1 is 2.14 bits per heavy atom. The maximum atomic E-state index is 6.59. The highest BCUT2D eigenvalue weighted by atomic mass is 16.6. The van der Waals surface area contributed by atoms with E-state index in [9.17, 15) is 0 Å². The molecular weight excluding hydrogens is 96.0 g/mol. The second kappa shape index (κ2) is 1.59. The first-order valence-electron chi connectivity index (χ1n) is 3.03. The van der Waals surface area contributed by atoms with Gasteiger partial charge in [0.25, 0.3) is 0 Å². The quantitative estimate of drug-likeness (QED) is 0.505. The summed E-state index contributed by atoms with van der Waals surface area (Å²) in [5.74, 6) is 0. The number of ether oxygens (including phenoxy) is 1. The van der Waals surface area contributed by atoms with Crippen molar-refractivity contribution in [2.75, 3.05) is 7.04 Å². The molecule has 0 aliphatic rings. The van der Waals surface area contributed by atoms with Crippen LogP contribution in [0.3, 0.4) is 0 Å². The van der Waals surface area contributed by atoms with Gasteiger partial charge in [0.1, 0.15) is 0 Å². The molecule has 4 heteroatoms. The fourth-order valence-electron chi connectivity index (χ4n) is 0.207. The van der Waals surface area contributed by atoms with Crippen LogP contribution in [0.4, 0.5) is 0 Å². The van der Waals surface area contributed by atoms with E-state index in [0.29, 0.717) is 0 Å². The summed E-state index contributed by atoms with van der Waals surface area (Å²) in [6.07, 6.45) is 0.640. The number of aromatic nitrogens is 2. The smallest absolute Gasteiger partial charge is 0.414 e. The zero-order chi connectivity index (χ0) is 7.61. The van der Waals surface area contributed by atoms with Gasteiger partial charge in [0.15, 0.2) is 0 Å². The Bertz CT molecular complexity index is 194. The number of rotatable bonds is 1. The van der Waals surface area contributed by atoms with E-state index in [4.69, 9.17) is 4.11 Å². The van der Waals surface area contributed by atoms with Crippen LogP contribution < -0.4 is 4.74 Å². The van der Waals surface area contributed by atoms with Gasteiger partial charge in [0, 0.05) is 0 Å². The predicted octanol–water partition coefficient (Wildman–Crippen LogP) is 0.0782. The Balaban J connectivity index is 2.57. The lowest BCUT2D eigenvalue weighted by molar-refractivity contribution is 0.290. The molecule has 0 saturated heterocycles. The summed E-state index contributed by atoms with van der Waals surface area (Å²) in [6.45, 7) is 0. The van der Waals surface area contributed by atoms with Crippen molar-refractivity contribution in [3.05, 3.63) is 6.39 Å². The van der Waals surface area contributed by atoms with E-state index in [2.05, 4.69) is 19.4 Å². The normalized spacial score (nSPS) is 16.9. The third kappa shape index (κ3) is 0.677. The molecule has 7 heavy (non-hydrogen) atoms. The minimum atomic E-state index is -2.52. The minimum Gasteiger partial charge on any atom is -0.452 e. The lowest BCUT2D eigenvalue weighted by Gasteiger charge is -1.81. The van der Waals surface area contributed by atoms with Gasteiger partial charge in [-0.05, 0) is 0 Å². The van der Waals surface area contributed by atoms with Crippen LogP contribution in [0, 0.1) is 0 Å². The van der Waals surface area contributed by atoms with Gasteiger partial charge >= 0.3 is 6.08 Å². The summed E-state index contributed by atoms with van der Waals surface area (Å²) in [4.78, 5) is 0. The average molecular weight is 103 g/mol. The molecule has 0 aliphatic carbocycles. The topological polar surface area (TPSA) is 48.2 Å². The van der Waals surface area contributed by atoms with Gasteiger partial charge in [-0.1, -0.05) is 5.10 Å². The van der Waals surface area contributed by atoms with Gasteiger partial charge in [0.2, 0.25) is 6.39 Å². The molecule has 1 aromatic heterocycles. The number of methoxy groups -OCH3 is 1. The molecule has 4 nitrogen and oxygen atoms in total. The van der Waals surface area contributed by atoms with Gasteiger partial charge in [0.05, 0.1) is 11.2 Å². The fraction of sp³-hybridized carbons (Fsp3) is 0.333. The molecule has 0 N–H and O–H groups in total. The summed E-state index contributed by atoms with van der Waals surface area (Å²) in [5.41, 5.74) is 0. The molecule has 0 radical (unpaired) electrons. The van der Waals surface area contributed by atoms with Gasteiger partial charge in [-0.25, -0.2) is 0 Å². The molecule has 1 heterocycles. The van der Waals surface area contributed by atoms with Crippen LogP contribution in [0.1, 0.15) is 4.11 Å². The van der Waals surface area contributed by atoms with E-state index in [0.717, 1.165) is 6.39 Å². The number of hydrogen-bond donors (Lipinski definition) is 0. The molecule has 0 bridgehead atoms. The first kappa shape index (κ1) is 1.81. The Morgan fingerprint density at radius 2 is 3.14 bits per heavy atom. The summed E-state index contributed by atoms with van der Waals surface area (Å²) in [6, 6.07) is 0. The second-order valence-electron chi connectivity index (χ2n) is 0.807. The molecule has 1 aromatic rings. The second-order valence-corrected chi connectivity index (χ2v) is 0.807. The van der Waals surface area contributed by atoms with Crippen molar-refractivity contribution >= 4 is 0 Å². The number of nitrogens with zero attached hydrogens (tertiary/aromatic N) is 2. The van der Waals surface area contributed by atoms with Gasteiger partial charge in [-0.2, -0.15) is 0 Å². The molecule has 0 fully saturated rings. The predicted molar refractivity (Wildman–Crippen MR) is 20.8 cm³/mol. The molecule has 38 valence electrons. The summed E-state index contributed by atoms with van der Waals surface area (Å²) >= 11 is 0. The zero-order valence-electron chi connectivity index (χ0n) is 6.29. The minimum absolute atomic E-state index is 0.347. The fourth-order valence-corrected chi connectivity index (χ4v) is 0.207. The molecule has 0 saturated carbocycles. The maximum Gasteiger partial charge on any atom is 0.414 e. The average Bonchev–Trinajstić information content (AvgIpc) is 2.12. The summed E-state index contributed by atoms with van der Waals surface area (Å²) in [7, 11) is -2.52. The van der Waals surface area contributed by atoms with Crippen molar-refractivity contribution < 1.29 is 13.3 Å². The molecule has 0 aliphatic heterocycles. The Morgan fingerprint density at radius 3 is 3.71 bits per heavy atom. The lowest BCUT2D eigenvalue weighted by atomic mass is 11.3. The van der Waals surface area contributed by atoms with Gasteiger partial charge in [-0.15, -0.1) is 5.10 Å². The SMILES string of the molecule is [2H]C([2H])([2H])Oc1nnco1. The molecule has 0 spiro atoms. The summed E-state index contributed by atoms with van der Waals surface area (Å²) in [5, 5.41) is 6.42. The standard InChI is InChI=1S/C3H4N2O2/c1-6-3-5-4-2-7-3/h2H,1H3/i1D3. The van der Waals surface area contributed by atoms with Gasteiger partial charge < -0.3 is 9.15 Å². The van der Waals surface area contributed by atoms with Crippen LogP contribution in [0.15, 0.2) is 10.8 Å². The largest absolute Gasteiger partial charge is 0.452 e. The third-order valence-electron chi connectivity index (χ3n) is 0.427. The van der Waals surface area contributed by atoms with Crippen molar-refractivity contribution in [1.29, 1.82) is 0 Å². The van der Waals surface area contributed by atoms with Crippen LogP contribution in [-0.4, -0.2) is 17.2 Å². The van der Waals surface area contributed by atoms with Gasteiger partial charge in [-0.3, -0.25) is 0 Å². The monoisotopic (exact) mass is 103 g/mol. The highest BCUT2D eigenvalue weighted by Gasteiger charge is 1.89. The van der Waals surface area contributed by atoms with Crippen LogP contribution in [0.25, 0.3) is 0 Å². The van der Waals surface area contributed by atoms with E-state index in [1.807, 2.05) is 0 Å². The van der Waals surface area contributed by atoms with E-state index in [1.54, 1.807) is 0 Å². The Labute approximate surface area is 44.3 Å². The van der Waals surface area contributed by atoms with Crippen molar-refractivity contribution in [3.8, 4) is 6.08 Å². The number of hydrogen-bond acceptors (Lipinski definition) is 4. The van der Waals surface area contributed by atoms with Crippen LogP contribution in [-0.2, 0) is 0 Å². The van der Waals surface area contributed by atoms with Crippen molar-refractivity contribution in [3.63, 3.8) is 0 Å². The van der Waals surface area contributed by atoms with E-state index in [-0.39, 0.29) is 6.08 Å². The first-order chi connectivity index (χ1) is 4.58. The molecule has 0 unspecified atom stereocenters. The highest BCUT2D eigenvalue weighted by molar-refractivity contribution is 4.74. The molecular formula is C3H4N2O2. The van der Waals surface area contributed by atoms with Crippen molar-refractivity contribution in [2.24, 2.45) is 0 Å².